The summed E-state index contributed by atoms with van der Waals surface area (Å²) in [5.41, 5.74) is 0. The average molecular weight is 226 g/mol. The molecular weight excluding hydrogens is 204 g/mol. The molecule has 2 rings (SSSR count). The Bertz CT molecular complexity index is 237. The van der Waals surface area contributed by atoms with Crippen molar-refractivity contribution in [1.82, 2.24) is 10.6 Å². The Labute approximate surface area is 97.1 Å². The van der Waals surface area contributed by atoms with Gasteiger partial charge in [0.15, 0.2) is 0 Å². The minimum absolute atomic E-state index is 0.0678. The second-order valence-electron chi connectivity index (χ2n) is 4.98. The van der Waals surface area contributed by atoms with Gasteiger partial charge < -0.3 is 15.4 Å². The normalized spacial score (nSPS) is 35.7. The van der Waals surface area contributed by atoms with Crippen molar-refractivity contribution in [1.29, 1.82) is 0 Å². The molecule has 2 saturated heterocycles. The first-order chi connectivity index (χ1) is 7.75. The average Bonchev–Trinajstić information content (AvgIpc) is 2.54. The van der Waals surface area contributed by atoms with Crippen molar-refractivity contribution in [2.75, 3.05) is 19.7 Å². The lowest BCUT2D eigenvalue weighted by Crippen LogP contribution is -2.43. The molecule has 0 radical (unpaired) electrons. The molecule has 0 aromatic rings. The smallest absolute Gasteiger partial charge is 0.225 e. The second-order valence-corrected chi connectivity index (χ2v) is 4.98. The van der Waals surface area contributed by atoms with Gasteiger partial charge in [0.1, 0.15) is 0 Å². The highest BCUT2D eigenvalue weighted by atomic mass is 16.5. The Hall–Kier alpha value is -0.610. The minimum Gasteiger partial charge on any atom is -0.378 e. The van der Waals surface area contributed by atoms with Gasteiger partial charge in [-0.3, -0.25) is 4.79 Å². The number of hydrogen-bond acceptors (Lipinski definition) is 3. The molecule has 0 aromatic heterocycles. The van der Waals surface area contributed by atoms with Crippen LogP contribution in [0.15, 0.2) is 0 Å². The summed E-state index contributed by atoms with van der Waals surface area (Å²) in [5.74, 6) is 0.247. The third kappa shape index (κ3) is 3.19. The van der Waals surface area contributed by atoms with E-state index in [0.29, 0.717) is 12.6 Å². The number of hydrogen-bond donors (Lipinski definition) is 2. The fourth-order valence-corrected chi connectivity index (χ4v) is 2.46. The zero-order valence-corrected chi connectivity index (χ0v) is 10.00. The minimum atomic E-state index is 0.0678. The molecule has 3 atom stereocenters. The van der Waals surface area contributed by atoms with E-state index in [9.17, 15) is 4.79 Å². The number of ether oxygens (including phenoxy) is 1. The first kappa shape index (κ1) is 11.9. The zero-order valence-electron chi connectivity index (χ0n) is 10.00. The van der Waals surface area contributed by atoms with Crippen molar-refractivity contribution >= 4 is 5.91 Å². The number of rotatable bonds is 2. The van der Waals surface area contributed by atoms with E-state index in [1.165, 1.54) is 12.8 Å². The number of nitrogens with one attached hydrogen (secondary N) is 2. The molecule has 0 aromatic carbocycles. The molecule has 2 aliphatic heterocycles. The SMILES string of the molecule is CC1CC(C(=O)NC2CCCCNC2)CO1. The molecule has 0 aliphatic carbocycles. The summed E-state index contributed by atoms with van der Waals surface area (Å²) in [7, 11) is 0. The Balaban J connectivity index is 1.77. The summed E-state index contributed by atoms with van der Waals surface area (Å²) in [5, 5.41) is 6.50. The van der Waals surface area contributed by atoms with Crippen LogP contribution in [0.1, 0.15) is 32.6 Å². The lowest BCUT2D eigenvalue weighted by molar-refractivity contribution is -0.125. The zero-order chi connectivity index (χ0) is 11.4. The lowest BCUT2D eigenvalue weighted by Gasteiger charge is -2.18. The maximum atomic E-state index is 12.0. The molecule has 92 valence electrons. The Morgan fingerprint density at radius 2 is 2.31 bits per heavy atom. The van der Waals surface area contributed by atoms with Gasteiger partial charge in [0.05, 0.1) is 18.6 Å². The van der Waals surface area contributed by atoms with Crippen molar-refractivity contribution in [2.45, 2.75) is 44.8 Å². The monoisotopic (exact) mass is 226 g/mol. The van der Waals surface area contributed by atoms with Crippen molar-refractivity contribution in [3.63, 3.8) is 0 Å². The maximum Gasteiger partial charge on any atom is 0.225 e. The molecule has 2 heterocycles. The van der Waals surface area contributed by atoms with E-state index in [1.807, 2.05) is 6.92 Å². The highest BCUT2D eigenvalue weighted by Gasteiger charge is 2.29. The molecule has 2 N–H and O–H groups in total. The Morgan fingerprint density at radius 1 is 1.44 bits per heavy atom. The summed E-state index contributed by atoms with van der Waals surface area (Å²) in [6.07, 6.45) is 4.63. The van der Waals surface area contributed by atoms with Gasteiger partial charge in [0.2, 0.25) is 5.91 Å². The van der Waals surface area contributed by atoms with Gasteiger partial charge in [-0.15, -0.1) is 0 Å². The fourth-order valence-electron chi connectivity index (χ4n) is 2.46. The van der Waals surface area contributed by atoms with Crippen molar-refractivity contribution < 1.29 is 9.53 Å². The van der Waals surface area contributed by atoms with Crippen molar-refractivity contribution in [2.24, 2.45) is 5.92 Å². The van der Waals surface area contributed by atoms with Crippen LogP contribution < -0.4 is 10.6 Å². The highest BCUT2D eigenvalue weighted by molar-refractivity contribution is 5.79. The van der Waals surface area contributed by atoms with Gasteiger partial charge in [0.25, 0.3) is 0 Å². The summed E-state index contributed by atoms with van der Waals surface area (Å²) in [6.45, 7) is 4.61. The van der Waals surface area contributed by atoms with E-state index in [0.717, 1.165) is 25.9 Å². The summed E-state index contributed by atoms with van der Waals surface area (Å²) in [6, 6.07) is 0.311. The Kier molecular flexibility index (Phi) is 4.18. The molecule has 0 saturated carbocycles. The van der Waals surface area contributed by atoms with Gasteiger partial charge in [-0.05, 0) is 32.7 Å². The fraction of sp³-hybridized carbons (Fsp3) is 0.917. The van der Waals surface area contributed by atoms with Crippen molar-refractivity contribution in [3.05, 3.63) is 0 Å². The van der Waals surface area contributed by atoms with E-state index in [4.69, 9.17) is 4.74 Å². The second kappa shape index (κ2) is 5.64. The van der Waals surface area contributed by atoms with Gasteiger partial charge in [-0.25, -0.2) is 0 Å². The van der Waals surface area contributed by atoms with Crippen LogP contribution in [0, 0.1) is 5.92 Å². The van der Waals surface area contributed by atoms with Crippen molar-refractivity contribution in [3.8, 4) is 0 Å². The lowest BCUT2D eigenvalue weighted by atomic mass is 10.0. The third-order valence-corrected chi connectivity index (χ3v) is 3.46. The molecule has 2 aliphatic rings. The quantitative estimate of drug-likeness (QED) is 0.727. The van der Waals surface area contributed by atoms with Crippen LogP contribution in [0.4, 0.5) is 0 Å². The molecule has 16 heavy (non-hydrogen) atoms. The van der Waals surface area contributed by atoms with E-state index in [-0.39, 0.29) is 17.9 Å². The molecular formula is C12H22N2O2. The van der Waals surface area contributed by atoms with E-state index >= 15 is 0 Å². The first-order valence-electron chi connectivity index (χ1n) is 6.38. The number of amides is 1. The van der Waals surface area contributed by atoms with Crippen LogP contribution in [0.5, 0.6) is 0 Å². The molecule has 3 unspecified atom stereocenters. The molecule has 4 nitrogen and oxygen atoms in total. The van der Waals surface area contributed by atoms with Gasteiger partial charge in [0, 0.05) is 12.6 Å². The van der Waals surface area contributed by atoms with Crippen LogP contribution in [0.25, 0.3) is 0 Å². The van der Waals surface area contributed by atoms with Crippen LogP contribution in [-0.4, -0.2) is 37.7 Å². The maximum absolute atomic E-state index is 12.0. The van der Waals surface area contributed by atoms with Crippen LogP contribution in [0.2, 0.25) is 0 Å². The van der Waals surface area contributed by atoms with Gasteiger partial charge in [-0.1, -0.05) is 6.42 Å². The molecule has 2 fully saturated rings. The topological polar surface area (TPSA) is 50.4 Å². The van der Waals surface area contributed by atoms with Gasteiger partial charge >= 0.3 is 0 Å². The molecule has 0 bridgehead atoms. The van der Waals surface area contributed by atoms with E-state index in [1.54, 1.807) is 0 Å². The van der Waals surface area contributed by atoms with E-state index < -0.39 is 0 Å². The molecule has 0 spiro atoms. The largest absolute Gasteiger partial charge is 0.378 e. The summed E-state index contributed by atoms with van der Waals surface area (Å²) >= 11 is 0. The Morgan fingerprint density at radius 3 is 3.06 bits per heavy atom. The standard InChI is InChI=1S/C12H22N2O2/c1-9-6-10(8-16-9)12(15)14-11-4-2-3-5-13-7-11/h9-11,13H,2-8H2,1H3,(H,14,15). The van der Waals surface area contributed by atoms with Crippen LogP contribution in [0.3, 0.4) is 0 Å². The van der Waals surface area contributed by atoms with Gasteiger partial charge in [-0.2, -0.15) is 0 Å². The number of carbonyl (C=O) groups is 1. The predicted molar refractivity (Wildman–Crippen MR) is 62.2 cm³/mol. The number of carbonyl (C=O) groups excluding carboxylic acids is 1. The van der Waals surface area contributed by atoms with Crippen LogP contribution >= 0.6 is 0 Å². The molecule has 4 heteroatoms. The third-order valence-electron chi connectivity index (χ3n) is 3.46. The summed E-state index contributed by atoms with van der Waals surface area (Å²) < 4.78 is 5.42. The highest BCUT2D eigenvalue weighted by Crippen LogP contribution is 2.19. The van der Waals surface area contributed by atoms with E-state index in [2.05, 4.69) is 10.6 Å². The van der Waals surface area contributed by atoms with Crippen LogP contribution in [-0.2, 0) is 9.53 Å². The summed E-state index contributed by atoms with van der Waals surface area (Å²) in [4.78, 5) is 12.0. The predicted octanol–water partition coefficient (Wildman–Crippen LogP) is 0.670. The first-order valence-corrected chi connectivity index (χ1v) is 6.38. The molecule has 1 amide bonds.